The van der Waals surface area contributed by atoms with Crippen LogP contribution in [0.5, 0.6) is 11.5 Å². The summed E-state index contributed by atoms with van der Waals surface area (Å²) in [6.45, 7) is 6.88. The predicted molar refractivity (Wildman–Crippen MR) is 94.9 cm³/mol. The van der Waals surface area contributed by atoms with E-state index in [1.54, 1.807) is 39.8 Å². The van der Waals surface area contributed by atoms with E-state index in [1.165, 1.54) is 12.3 Å². The molecule has 3 N–H and O–H groups in total. The van der Waals surface area contributed by atoms with E-state index in [0.29, 0.717) is 5.56 Å². The van der Waals surface area contributed by atoms with Crippen LogP contribution in [-0.4, -0.2) is 23.3 Å². The number of carbonyl (C=O) groups excluding carboxylic acids is 2. The third kappa shape index (κ3) is 6.33. The summed E-state index contributed by atoms with van der Waals surface area (Å²) in [5.41, 5.74) is 8.20. The average molecular weight is 351 g/mol. The summed E-state index contributed by atoms with van der Waals surface area (Å²) in [5.74, 6) is -0.892. The Kier molecular flexibility index (Phi) is 7.31. The SMILES string of the molecule is CC(C)C(=O)Oc1ccc(C=NNC(N)=S)c(OC(=O)C(C)C)c1. The summed E-state index contributed by atoms with van der Waals surface area (Å²) in [6.07, 6.45) is 1.40. The number of rotatable bonds is 6. The fourth-order valence-corrected chi connectivity index (χ4v) is 1.45. The van der Waals surface area contributed by atoms with Crippen molar-refractivity contribution in [3.8, 4) is 11.5 Å². The van der Waals surface area contributed by atoms with Gasteiger partial charge in [0.25, 0.3) is 0 Å². The van der Waals surface area contributed by atoms with Gasteiger partial charge in [-0.3, -0.25) is 15.0 Å². The van der Waals surface area contributed by atoms with Crippen molar-refractivity contribution in [3.05, 3.63) is 23.8 Å². The number of nitrogens with zero attached hydrogens (tertiary/aromatic N) is 1. The zero-order valence-corrected chi connectivity index (χ0v) is 14.8. The molecule has 0 aliphatic heterocycles. The maximum Gasteiger partial charge on any atom is 0.313 e. The molecule has 7 nitrogen and oxygen atoms in total. The Bertz CT molecular complexity index is 657. The van der Waals surface area contributed by atoms with Crippen molar-refractivity contribution >= 4 is 35.5 Å². The van der Waals surface area contributed by atoms with Crippen LogP contribution < -0.4 is 20.6 Å². The second kappa shape index (κ2) is 8.97. The Morgan fingerprint density at radius 2 is 1.75 bits per heavy atom. The van der Waals surface area contributed by atoms with Gasteiger partial charge in [-0.2, -0.15) is 5.10 Å². The van der Waals surface area contributed by atoms with Crippen LogP contribution in [0.15, 0.2) is 23.3 Å². The van der Waals surface area contributed by atoms with Crippen molar-refractivity contribution in [3.63, 3.8) is 0 Å². The number of carbonyl (C=O) groups is 2. The van der Waals surface area contributed by atoms with E-state index >= 15 is 0 Å². The standard InChI is InChI=1S/C16H21N3O4S/c1-9(2)14(20)22-12-6-5-11(8-18-19-16(17)24)13(7-12)23-15(21)10(3)4/h5-10H,1-4H3,(H3,17,19,24). The topological polar surface area (TPSA) is 103 Å². The summed E-state index contributed by atoms with van der Waals surface area (Å²) in [5, 5.41) is 3.84. The molecule has 0 aliphatic rings. The highest BCUT2D eigenvalue weighted by molar-refractivity contribution is 7.80. The molecule has 0 spiro atoms. The normalized spacial score (nSPS) is 10.9. The Balaban J connectivity index is 3.08. The van der Waals surface area contributed by atoms with Gasteiger partial charge in [-0.15, -0.1) is 0 Å². The van der Waals surface area contributed by atoms with Gasteiger partial charge >= 0.3 is 11.9 Å². The molecule has 0 amide bonds. The molecule has 1 rings (SSSR count). The number of benzene rings is 1. The summed E-state index contributed by atoms with van der Waals surface area (Å²) < 4.78 is 10.6. The molecule has 0 aromatic heterocycles. The molecule has 0 bridgehead atoms. The van der Waals surface area contributed by atoms with E-state index in [0.717, 1.165) is 0 Å². The third-order valence-corrected chi connectivity index (χ3v) is 2.83. The van der Waals surface area contributed by atoms with Crippen LogP contribution in [0.3, 0.4) is 0 Å². The van der Waals surface area contributed by atoms with Crippen molar-refractivity contribution < 1.29 is 19.1 Å². The van der Waals surface area contributed by atoms with Crippen molar-refractivity contribution in [1.29, 1.82) is 0 Å². The quantitative estimate of drug-likeness (QED) is 0.265. The van der Waals surface area contributed by atoms with Crippen LogP contribution in [0.1, 0.15) is 33.3 Å². The minimum atomic E-state index is -0.417. The van der Waals surface area contributed by atoms with Crippen molar-refractivity contribution in [2.75, 3.05) is 0 Å². The van der Waals surface area contributed by atoms with E-state index in [4.69, 9.17) is 15.2 Å². The first-order valence-electron chi connectivity index (χ1n) is 7.36. The van der Waals surface area contributed by atoms with E-state index in [1.807, 2.05) is 0 Å². The molecule has 0 saturated heterocycles. The highest BCUT2D eigenvalue weighted by Gasteiger charge is 2.15. The summed E-state index contributed by atoms with van der Waals surface area (Å²) in [7, 11) is 0. The summed E-state index contributed by atoms with van der Waals surface area (Å²) in [4.78, 5) is 23.5. The highest BCUT2D eigenvalue weighted by atomic mass is 32.1. The number of ether oxygens (including phenoxy) is 2. The van der Waals surface area contributed by atoms with Gasteiger partial charge in [-0.1, -0.05) is 27.7 Å². The molecule has 24 heavy (non-hydrogen) atoms. The Hall–Kier alpha value is -2.48. The number of nitrogens with one attached hydrogen (secondary N) is 1. The summed E-state index contributed by atoms with van der Waals surface area (Å²) >= 11 is 4.65. The first kappa shape index (κ1) is 19.6. The van der Waals surface area contributed by atoms with E-state index < -0.39 is 5.97 Å². The number of thiocarbonyl (C=S) groups is 1. The number of hydrazone groups is 1. The van der Waals surface area contributed by atoms with Gasteiger partial charge in [-0.25, -0.2) is 0 Å². The van der Waals surface area contributed by atoms with Gasteiger partial charge in [0.05, 0.1) is 18.1 Å². The average Bonchev–Trinajstić information content (AvgIpc) is 2.48. The zero-order chi connectivity index (χ0) is 18.3. The minimum Gasteiger partial charge on any atom is -0.426 e. The number of hydrogen-bond acceptors (Lipinski definition) is 6. The van der Waals surface area contributed by atoms with Gasteiger partial charge in [0.15, 0.2) is 5.11 Å². The van der Waals surface area contributed by atoms with Crippen LogP contribution in [0, 0.1) is 11.8 Å². The lowest BCUT2D eigenvalue weighted by Gasteiger charge is -2.12. The Morgan fingerprint density at radius 1 is 1.17 bits per heavy atom. The maximum absolute atomic E-state index is 11.9. The largest absolute Gasteiger partial charge is 0.426 e. The highest BCUT2D eigenvalue weighted by Crippen LogP contribution is 2.25. The van der Waals surface area contributed by atoms with Gasteiger partial charge in [0.1, 0.15) is 11.5 Å². The fourth-order valence-electron chi connectivity index (χ4n) is 1.40. The molecule has 130 valence electrons. The van der Waals surface area contributed by atoms with Crippen LogP contribution in [-0.2, 0) is 9.59 Å². The maximum atomic E-state index is 11.9. The van der Waals surface area contributed by atoms with Crippen LogP contribution in [0.4, 0.5) is 0 Å². The monoisotopic (exact) mass is 351 g/mol. The fraction of sp³-hybridized carbons (Fsp3) is 0.375. The molecule has 0 atom stereocenters. The van der Waals surface area contributed by atoms with Crippen LogP contribution in [0.2, 0.25) is 0 Å². The molecule has 0 aliphatic carbocycles. The molecule has 1 aromatic rings. The molecular weight excluding hydrogens is 330 g/mol. The number of esters is 2. The van der Waals surface area contributed by atoms with Crippen LogP contribution >= 0.6 is 12.2 Å². The van der Waals surface area contributed by atoms with Gasteiger partial charge < -0.3 is 15.2 Å². The second-order valence-corrected chi connectivity index (χ2v) is 6.03. The first-order valence-corrected chi connectivity index (χ1v) is 7.77. The van der Waals surface area contributed by atoms with Crippen molar-refractivity contribution in [2.24, 2.45) is 22.7 Å². The van der Waals surface area contributed by atoms with E-state index in [9.17, 15) is 9.59 Å². The molecule has 8 heteroatoms. The second-order valence-electron chi connectivity index (χ2n) is 5.59. The molecule has 0 heterocycles. The molecule has 0 saturated carbocycles. The lowest BCUT2D eigenvalue weighted by molar-refractivity contribution is -0.138. The van der Waals surface area contributed by atoms with Gasteiger partial charge in [-0.05, 0) is 24.4 Å². The lowest BCUT2D eigenvalue weighted by Crippen LogP contribution is -2.24. The zero-order valence-electron chi connectivity index (χ0n) is 14.0. The van der Waals surface area contributed by atoms with Gasteiger partial charge in [0, 0.05) is 11.6 Å². The Morgan fingerprint density at radius 3 is 2.29 bits per heavy atom. The molecular formula is C16H21N3O4S. The lowest BCUT2D eigenvalue weighted by atomic mass is 10.2. The minimum absolute atomic E-state index is 0.00876. The Labute approximate surface area is 146 Å². The van der Waals surface area contributed by atoms with Crippen molar-refractivity contribution in [2.45, 2.75) is 27.7 Å². The number of nitrogens with two attached hydrogens (primary N) is 1. The van der Waals surface area contributed by atoms with Gasteiger partial charge in [0.2, 0.25) is 0 Å². The summed E-state index contributed by atoms with van der Waals surface area (Å²) in [6, 6.07) is 4.65. The molecule has 1 aromatic carbocycles. The first-order chi connectivity index (χ1) is 11.2. The molecule has 0 unspecified atom stereocenters. The molecule has 0 fully saturated rings. The van der Waals surface area contributed by atoms with Crippen molar-refractivity contribution in [1.82, 2.24) is 5.43 Å². The predicted octanol–water partition coefficient (Wildman–Crippen LogP) is 1.98. The van der Waals surface area contributed by atoms with Crippen LogP contribution in [0.25, 0.3) is 0 Å². The molecule has 0 radical (unpaired) electrons. The third-order valence-electron chi connectivity index (χ3n) is 2.74. The van der Waals surface area contributed by atoms with E-state index in [-0.39, 0.29) is 34.4 Å². The van der Waals surface area contributed by atoms with E-state index in [2.05, 4.69) is 22.7 Å². The smallest absolute Gasteiger partial charge is 0.313 e. The number of hydrogen-bond donors (Lipinski definition) is 2.